The van der Waals surface area contributed by atoms with Crippen molar-refractivity contribution in [2.24, 2.45) is 5.92 Å². The van der Waals surface area contributed by atoms with Gasteiger partial charge in [0.25, 0.3) is 0 Å². The predicted molar refractivity (Wildman–Crippen MR) is 133 cm³/mol. The monoisotopic (exact) mass is 511 g/mol. The molecule has 6 rings (SSSR count). The van der Waals surface area contributed by atoms with E-state index in [1.54, 1.807) is 19.9 Å². The molecule has 0 aliphatic carbocycles. The molecule has 0 bridgehead atoms. The van der Waals surface area contributed by atoms with Crippen molar-refractivity contribution in [3.8, 4) is 11.4 Å². The highest BCUT2D eigenvalue weighted by Gasteiger charge is 2.42. The normalized spacial score (nSPS) is 23.5. The molecule has 2 aromatic heterocycles. The summed E-state index contributed by atoms with van der Waals surface area (Å²) in [6, 6.07) is 3.52. The van der Waals surface area contributed by atoms with Crippen molar-refractivity contribution in [1.29, 1.82) is 0 Å². The second-order valence-corrected chi connectivity index (χ2v) is 11.3. The highest BCUT2D eigenvalue weighted by atomic mass is 19.1. The summed E-state index contributed by atoms with van der Waals surface area (Å²) < 4.78 is 36.9. The van der Waals surface area contributed by atoms with Gasteiger partial charge in [-0.1, -0.05) is 0 Å². The van der Waals surface area contributed by atoms with Crippen molar-refractivity contribution in [3.63, 3.8) is 0 Å². The number of anilines is 3. The molecule has 0 spiro atoms. The molecule has 3 aliphatic rings. The van der Waals surface area contributed by atoms with Crippen LogP contribution in [-0.4, -0.2) is 59.7 Å². The summed E-state index contributed by atoms with van der Waals surface area (Å²) >= 11 is 0. The first-order chi connectivity index (χ1) is 17.6. The molecule has 1 aromatic carbocycles. The lowest BCUT2D eigenvalue weighted by atomic mass is 9.79. The van der Waals surface area contributed by atoms with E-state index in [1.165, 1.54) is 23.6 Å². The SMILES string of the molecule is CC1(C)Oc2c(F)cc(Nc3ncc(F)c(NC[C@@H]4C[C@@H]5CCCN5C(C)(C)C4)n3)cc2-n2nnnc21. The Labute approximate surface area is 213 Å². The van der Waals surface area contributed by atoms with Crippen molar-refractivity contribution < 1.29 is 13.5 Å². The standard InChI is InChI=1S/C25H31F2N9O/c1-24(2)11-14(8-16-6-5-7-35(16)24)12-28-21-18(27)13-29-23(31-21)30-15-9-17(26)20-19(10-15)36-22(32-33-34-36)25(3,4)37-20/h9-10,13-14,16H,5-8,11-12H2,1-4H3,(H2,28,29,30,31)/t14-,16+/m1/s1. The number of tetrazole rings is 1. The number of hydrogen-bond acceptors (Lipinski definition) is 9. The Hall–Kier alpha value is -3.41. The lowest BCUT2D eigenvalue weighted by Gasteiger charge is -2.47. The van der Waals surface area contributed by atoms with Crippen LogP contribution in [-0.2, 0) is 5.60 Å². The van der Waals surface area contributed by atoms with Gasteiger partial charge in [0.1, 0.15) is 5.69 Å². The van der Waals surface area contributed by atoms with Crippen LogP contribution >= 0.6 is 0 Å². The average molecular weight is 512 g/mol. The number of rotatable bonds is 5. The molecule has 196 valence electrons. The first-order valence-electron chi connectivity index (χ1n) is 12.7. The van der Waals surface area contributed by atoms with Gasteiger partial charge in [-0.2, -0.15) is 9.67 Å². The molecule has 10 nitrogen and oxygen atoms in total. The van der Waals surface area contributed by atoms with E-state index in [1.807, 2.05) is 0 Å². The average Bonchev–Trinajstić information content (AvgIpc) is 3.51. The molecule has 37 heavy (non-hydrogen) atoms. The molecule has 2 saturated heterocycles. The molecular formula is C25H31F2N9O. The Balaban J connectivity index is 1.20. The number of nitrogens with zero attached hydrogens (tertiary/aromatic N) is 7. The minimum Gasteiger partial charge on any atom is -0.474 e. The molecule has 2 atom stereocenters. The van der Waals surface area contributed by atoms with E-state index in [0.29, 0.717) is 35.7 Å². The van der Waals surface area contributed by atoms with Crippen LogP contribution in [0.4, 0.5) is 26.2 Å². The van der Waals surface area contributed by atoms with Gasteiger partial charge >= 0.3 is 0 Å². The zero-order chi connectivity index (χ0) is 25.9. The summed E-state index contributed by atoms with van der Waals surface area (Å²) in [5.41, 5.74) is -0.0502. The first-order valence-corrected chi connectivity index (χ1v) is 12.7. The topological polar surface area (TPSA) is 106 Å². The maximum absolute atomic E-state index is 15.0. The van der Waals surface area contributed by atoms with E-state index >= 15 is 4.39 Å². The lowest BCUT2D eigenvalue weighted by molar-refractivity contribution is 0.0288. The Bertz CT molecular complexity index is 1340. The van der Waals surface area contributed by atoms with Gasteiger partial charge in [0.2, 0.25) is 5.95 Å². The van der Waals surface area contributed by atoms with E-state index in [-0.39, 0.29) is 23.1 Å². The number of nitrogens with one attached hydrogen (secondary N) is 2. The van der Waals surface area contributed by atoms with Gasteiger partial charge in [0, 0.05) is 29.9 Å². The van der Waals surface area contributed by atoms with E-state index in [0.717, 1.165) is 25.6 Å². The van der Waals surface area contributed by atoms with E-state index in [9.17, 15) is 4.39 Å². The summed E-state index contributed by atoms with van der Waals surface area (Å²) in [6.07, 6.45) is 5.72. The van der Waals surface area contributed by atoms with Gasteiger partial charge < -0.3 is 15.4 Å². The fraction of sp³-hybridized carbons (Fsp3) is 0.560. The summed E-state index contributed by atoms with van der Waals surface area (Å²) in [7, 11) is 0. The largest absolute Gasteiger partial charge is 0.474 e. The molecule has 0 unspecified atom stereocenters. The number of hydrogen-bond donors (Lipinski definition) is 2. The zero-order valence-corrected chi connectivity index (χ0v) is 21.4. The number of aromatic nitrogens is 6. The number of halogens is 2. The Morgan fingerprint density at radius 3 is 2.84 bits per heavy atom. The van der Waals surface area contributed by atoms with E-state index < -0.39 is 17.2 Å². The summed E-state index contributed by atoms with van der Waals surface area (Å²) in [5, 5.41) is 17.9. The van der Waals surface area contributed by atoms with Crippen LogP contribution in [0, 0.1) is 17.6 Å². The highest BCUT2D eigenvalue weighted by molar-refractivity contribution is 5.64. The van der Waals surface area contributed by atoms with Crippen molar-refractivity contribution in [2.45, 2.75) is 70.6 Å². The summed E-state index contributed by atoms with van der Waals surface area (Å²) in [4.78, 5) is 11.0. The van der Waals surface area contributed by atoms with Crippen LogP contribution in [0.3, 0.4) is 0 Å². The number of piperidine rings is 1. The van der Waals surface area contributed by atoms with Crippen LogP contribution in [0.15, 0.2) is 18.3 Å². The summed E-state index contributed by atoms with van der Waals surface area (Å²) in [6.45, 7) is 9.92. The van der Waals surface area contributed by atoms with Gasteiger partial charge in [-0.05, 0) is 82.3 Å². The van der Waals surface area contributed by atoms with Crippen molar-refractivity contribution >= 4 is 17.5 Å². The van der Waals surface area contributed by atoms with Gasteiger partial charge in [-0.15, -0.1) is 5.10 Å². The van der Waals surface area contributed by atoms with Crippen LogP contribution < -0.4 is 15.4 Å². The molecule has 2 fully saturated rings. The fourth-order valence-corrected chi connectivity index (χ4v) is 6.18. The van der Waals surface area contributed by atoms with Gasteiger partial charge in [0.15, 0.2) is 34.6 Å². The minimum atomic E-state index is -0.892. The predicted octanol–water partition coefficient (Wildman–Crippen LogP) is 4.17. The smallest absolute Gasteiger partial charge is 0.229 e. The third-order valence-corrected chi connectivity index (χ3v) is 7.72. The van der Waals surface area contributed by atoms with Crippen molar-refractivity contribution in [1.82, 2.24) is 35.1 Å². The zero-order valence-electron chi connectivity index (χ0n) is 21.4. The van der Waals surface area contributed by atoms with Gasteiger partial charge in [-0.3, -0.25) is 4.90 Å². The number of benzene rings is 1. The van der Waals surface area contributed by atoms with Gasteiger partial charge in [-0.25, -0.2) is 13.8 Å². The molecule has 3 aromatic rings. The van der Waals surface area contributed by atoms with Crippen LogP contribution in [0.25, 0.3) is 5.69 Å². The van der Waals surface area contributed by atoms with Gasteiger partial charge in [0.05, 0.1) is 6.20 Å². The van der Waals surface area contributed by atoms with Crippen LogP contribution in [0.5, 0.6) is 5.75 Å². The molecule has 5 heterocycles. The highest BCUT2D eigenvalue weighted by Crippen LogP contribution is 2.41. The van der Waals surface area contributed by atoms with Crippen LogP contribution in [0.2, 0.25) is 0 Å². The maximum Gasteiger partial charge on any atom is 0.229 e. The maximum atomic E-state index is 15.0. The number of ether oxygens (including phenoxy) is 1. The molecule has 3 aliphatic heterocycles. The fourth-order valence-electron chi connectivity index (χ4n) is 6.18. The van der Waals surface area contributed by atoms with Crippen LogP contribution in [0.1, 0.15) is 59.2 Å². The Morgan fingerprint density at radius 1 is 1.16 bits per heavy atom. The number of fused-ring (bicyclic) bond motifs is 4. The van der Waals surface area contributed by atoms with E-state index in [2.05, 4.69) is 54.9 Å². The minimum absolute atomic E-state index is 0.0500. The molecule has 2 N–H and O–H groups in total. The quantitative estimate of drug-likeness (QED) is 0.522. The van der Waals surface area contributed by atoms with Crippen molar-refractivity contribution in [3.05, 3.63) is 35.8 Å². The molecule has 0 saturated carbocycles. The van der Waals surface area contributed by atoms with Crippen molar-refractivity contribution in [2.75, 3.05) is 23.7 Å². The summed E-state index contributed by atoms with van der Waals surface area (Å²) in [5.74, 6) is 0.0640. The molecule has 12 heteroatoms. The Morgan fingerprint density at radius 2 is 2.00 bits per heavy atom. The second kappa shape index (κ2) is 8.57. The lowest BCUT2D eigenvalue weighted by Crippen LogP contribution is -2.53. The third kappa shape index (κ3) is 4.26. The molecular weight excluding hydrogens is 480 g/mol. The second-order valence-electron chi connectivity index (χ2n) is 11.3. The van der Waals surface area contributed by atoms with E-state index in [4.69, 9.17) is 4.74 Å². The molecule has 0 radical (unpaired) electrons. The first kappa shape index (κ1) is 24.0. The molecule has 0 amide bonds. The third-order valence-electron chi connectivity index (χ3n) is 7.72. The Kier molecular flexibility index (Phi) is 5.55.